The first kappa shape index (κ1) is 13.3. The van der Waals surface area contributed by atoms with Gasteiger partial charge in [0.15, 0.2) is 0 Å². The van der Waals surface area contributed by atoms with Gasteiger partial charge in [-0.15, -0.1) is 0 Å². The minimum atomic E-state index is 0.449. The molecule has 0 aliphatic rings. The zero-order chi connectivity index (χ0) is 13.7. The monoisotopic (exact) mass is 254 g/mol. The maximum atomic E-state index is 9.06. The van der Waals surface area contributed by atoms with Crippen LogP contribution in [-0.4, -0.2) is 15.6 Å². The fourth-order valence-electron chi connectivity index (χ4n) is 1.86. The second-order valence-corrected chi connectivity index (χ2v) is 4.84. The zero-order valence-electron chi connectivity index (χ0n) is 11.3. The Labute approximate surface area is 113 Å². The second kappa shape index (κ2) is 6.17. The summed E-state index contributed by atoms with van der Waals surface area (Å²) < 4.78 is 2.01. The highest BCUT2D eigenvalue weighted by Crippen LogP contribution is 2.10. The maximum absolute atomic E-state index is 9.06. The molecular weight excluding hydrogens is 236 g/mol. The summed E-state index contributed by atoms with van der Waals surface area (Å²) in [6.07, 6.45) is 3.83. The van der Waals surface area contributed by atoms with Crippen molar-refractivity contribution in [1.82, 2.24) is 14.9 Å². The molecule has 0 aliphatic heterocycles. The highest BCUT2D eigenvalue weighted by Gasteiger charge is 2.04. The number of nitriles is 1. The summed E-state index contributed by atoms with van der Waals surface area (Å²) in [4.78, 5) is 4.36. The van der Waals surface area contributed by atoms with Gasteiger partial charge >= 0.3 is 0 Å². The van der Waals surface area contributed by atoms with E-state index in [1.807, 2.05) is 41.4 Å². The predicted octanol–water partition coefficient (Wildman–Crippen LogP) is 2.30. The molecule has 0 spiro atoms. The topological polar surface area (TPSA) is 53.6 Å². The third-order valence-electron chi connectivity index (χ3n) is 2.87. The average molecular weight is 254 g/mol. The highest BCUT2D eigenvalue weighted by atomic mass is 15.0. The largest absolute Gasteiger partial charge is 0.333 e. The van der Waals surface area contributed by atoms with Crippen molar-refractivity contribution in [2.45, 2.75) is 33.0 Å². The quantitative estimate of drug-likeness (QED) is 0.890. The Morgan fingerprint density at radius 3 is 2.89 bits per heavy atom. The number of imidazole rings is 1. The van der Waals surface area contributed by atoms with Gasteiger partial charge in [-0.25, -0.2) is 4.98 Å². The van der Waals surface area contributed by atoms with E-state index < -0.39 is 0 Å². The third-order valence-corrected chi connectivity index (χ3v) is 2.87. The van der Waals surface area contributed by atoms with Crippen molar-refractivity contribution < 1.29 is 0 Å². The second-order valence-electron chi connectivity index (χ2n) is 4.84. The van der Waals surface area contributed by atoms with E-state index in [1.165, 1.54) is 0 Å². The molecule has 2 aromatic rings. The van der Waals surface area contributed by atoms with Gasteiger partial charge in [0, 0.05) is 25.3 Å². The van der Waals surface area contributed by atoms with Crippen LogP contribution in [0.5, 0.6) is 0 Å². The van der Waals surface area contributed by atoms with Crippen molar-refractivity contribution in [3.8, 4) is 6.07 Å². The van der Waals surface area contributed by atoms with Gasteiger partial charge in [-0.1, -0.05) is 32.0 Å². The van der Waals surface area contributed by atoms with Crippen molar-refractivity contribution in [2.75, 3.05) is 0 Å². The van der Waals surface area contributed by atoms with Crippen LogP contribution >= 0.6 is 0 Å². The number of aromatic nitrogens is 2. The van der Waals surface area contributed by atoms with E-state index in [-0.39, 0.29) is 0 Å². The molecule has 0 saturated heterocycles. The Kier molecular flexibility index (Phi) is 4.32. The standard InChI is InChI=1S/C15H18N4/c1-12(2)17-8-15-10-19(11-18-15)9-14-6-4-3-5-13(14)7-16/h3-6,10-12,17H,8-9H2,1-2H3. The van der Waals surface area contributed by atoms with Crippen LogP contribution in [0.2, 0.25) is 0 Å². The molecule has 0 saturated carbocycles. The summed E-state index contributed by atoms with van der Waals surface area (Å²) in [5.41, 5.74) is 2.76. The van der Waals surface area contributed by atoms with Crippen LogP contribution in [0.3, 0.4) is 0 Å². The molecule has 4 nitrogen and oxygen atoms in total. The van der Waals surface area contributed by atoms with Crippen LogP contribution in [0.25, 0.3) is 0 Å². The van der Waals surface area contributed by atoms with E-state index in [9.17, 15) is 0 Å². The van der Waals surface area contributed by atoms with Gasteiger partial charge in [0.1, 0.15) is 0 Å². The molecule has 0 amide bonds. The van der Waals surface area contributed by atoms with Gasteiger partial charge in [-0.05, 0) is 11.6 Å². The molecule has 1 N–H and O–H groups in total. The SMILES string of the molecule is CC(C)NCc1cn(Cc2ccccc2C#N)cn1. The maximum Gasteiger partial charge on any atom is 0.0995 e. The Morgan fingerprint density at radius 2 is 2.16 bits per heavy atom. The van der Waals surface area contributed by atoms with E-state index in [4.69, 9.17) is 5.26 Å². The lowest BCUT2D eigenvalue weighted by atomic mass is 10.1. The van der Waals surface area contributed by atoms with E-state index in [1.54, 1.807) is 0 Å². The first-order valence-electron chi connectivity index (χ1n) is 6.41. The molecule has 1 heterocycles. The fourth-order valence-corrected chi connectivity index (χ4v) is 1.86. The Morgan fingerprint density at radius 1 is 1.37 bits per heavy atom. The predicted molar refractivity (Wildman–Crippen MR) is 74.5 cm³/mol. The molecule has 0 aliphatic carbocycles. The smallest absolute Gasteiger partial charge is 0.0995 e. The first-order chi connectivity index (χ1) is 9.19. The molecule has 1 aromatic heterocycles. The number of hydrogen-bond acceptors (Lipinski definition) is 3. The van der Waals surface area contributed by atoms with Crippen molar-refractivity contribution in [3.63, 3.8) is 0 Å². The Balaban J connectivity index is 2.06. The molecule has 0 radical (unpaired) electrons. The van der Waals surface area contributed by atoms with Crippen LogP contribution in [0.1, 0.15) is 30.7 Å². The van der Waals surface area contributed by atoms with Gasteiger partial charge in [0.2, 0.25) is 0 Å². The van der Waals surface area contributed by atoms with Gasteiger partial charge in [-0.3, -0.25) is 0 Å². The highest BCUT2D eigenvalue weighted by molar-refractivity contribution is 5.37. The Bertz CT molecular complexity index is 578. The van der Waals surface area contributed by atoms with Gasteiger partial charge < -0.3 is 9.88 Å². The summed E-state index contributed by atoms with van der Waals surface area (Å²) >= 11 is 0. The number of rotatable bonds is 5. The van der Waals surface area contributed by atoms with E-state index in [0.717, 1.165) is 23.4 Å². The summed E-state index contributed by atoms with van der Waals surface area (Å²) in [5.74, 6) is 0. The lowest BCUT2D eigenvalue weighted by Crippen LogP contribution is -2.21. The molecule has 0 unspecified atom stereocenters. The molecule has 0 fully saturated rings. The normalized spacial score (nSPS) is 10.6. The molecule has 2 rings (SSSR count). The molecule has 0 bridgehead atoms. The summed E-state index contributed by atoms with van der Waals surface area (Å²) in [7, 11) is 0. The van der Waals surface area contributed by atoms with Crippen LogP contribution in [-0.2, 0) is 13.1 Å². The fraction of sp³-hybridized carbons (Fsp3) is 0.333. The van der Waals surface area contributed by atoms with Crippen molar-refractivity contribution >= 4 is 0 Å². The van der Waals surface area contributed by atoms with Crippen molar-refractivity contribution in [1.29, 1.82) is 5.26 Å². The Hall–Kier alpha value is -2.12. The van der Waals surface area contributed by atoms with Crippen molar-refractivity contribution in [2.24, 2.45) is 0 Å². The summed E-state index contributed by atoms with van der Waals surface area (Å²) in [6.45, 7) is 5.67. The number of nitrogens with one attached hydrogen (secondary N) is 1. The van der Waals surface area contributed by atoms with E-state index in [2.05, 4.69) is 30.2 Å². The minimum absolute atomic E-state index is 0.449. The summed E-state index contributed by atoms with van der Waals surface area (Å²) in [5, 5.41) is 12.4. The van der Waals surface area contributed by atoms with E-state index >= 15 is 0 Å². The molecular formula is C15H18N4. The van der Waals surface area contributed by atoms with Crippen LogP contribution < -0.4 is 5.32 Å². The molecule has 19 heavy (non-hydrogen) atoms. The lowest BCUT2D eigenvalue weighted by Gasteiger charge is -2.05. The van der Waals surface area contributed by atoms with Crippen LogP contribution in [0, 0.1) is 11.3 Å². The average Bonchev–Trinajstić information content (AvgIpc) is 2.85. The lowest BCUT2D eigenvalue weighted by molar-refractivity contribution is 0.582. The minimum Gasteiger partial charge on any atom is -0.333 e. The van der Waals surface area contributed by atoms with Gasteiger partial charge in [-0.2, -0.15) is 5.26 Å². The van der Waals surface area contributed by atoms with E-state index in [0.29, 0.717) is 12.6 Å². The number of benzene rings is 1. The number of hydrogen-bond donors (Lipinski definition) is 1. The first-order valence-corrected chi connectivity index (χ1v) is 6.41. The molecule has 98 valence electrons. The van der Waals surface area contributed by atoms with Gasteiger partial charge in [0.05, 0.1) is 23.7 Å². The van der Waals surface area contributed by atoms with Gasteiger partial charge in [0.25, 0.3) is 0 Å². The molecule has 1 aromatic carbocycles. The van der Waals surface area contributed by atoms with Crippen LogP contribution in [0.4, 0.5) is 0 Å². The van der Waals surface area contributed by atoms with Crippen molar-refractivity contribution in [3.05, 3.63) is 53.6 Å². The zero-order valence-corrected chi connectivity index (χ0v) is 11.3. The number of nitrogens with zero attached hydrogens (tertiary/aromatic N) is 3. The molecule has 4 heteroatoms. The summed E-state index contributed by atoms with van der Waals surface area (Å²) in [6, 6.07) is 10.3. The van der Waals surface area contributed by atoms with Crippen LogP contribution in [0.15, 0.2) is 36.8 Å². The molecule has 0 atom stereocenters. The third kappa shape index (κ3) is 3.67.